The van der Waals surface area contributed by atoms with E-state index in [2.05, 4.69) is 19.9 Å². The molecule has 0 bridgehead atoms. The Labute approximate surface area is 170 Å². The number of halogens is 1. The van der Waals surface area contributed by atoms with Crippen molar-refractivity contribution in [1.82, 2.24) is 19.9 Å². The van der Waals surface area contributed by atoms with Crippen molar-refractivity contribution >= 4 is 0 Å². The summed E-state index contributed by atoms with van der Waals surface area (Å²) in [5, 5.41) is 0. The van der Waals surface area contributed by atoms with Crippen molar-refractivity contribution in [2.24, 2.45) is 0 Å². The van der Waals surface area contributed by atoms with E-state index in [1.54, 1.807) is 13.3 Å². The van der Waals surface area contributed by atoms with E-state index in [0.29, 0.717) is 31.9 Å². The summed E-state index contributed by atoms with van der Waals surface area (Å²) in [6, 6.07) is 17.5. The lowest BCUT2D eigenvalue weighted by Gasteiger charge is -2.22. The smallest absolute Gasteiger partial charge is 0.188 e. The van der Waals surface area contributed by atoms with Crippen LogP contribution in [0.2, 0.25) is 0 Å². The van der Waals surface area contributed by atoms with Crippen LogP contribution in [0.1, 0.15) is 28.5 Å². The van der Waals surface area contributed by atoms with Gasteiger partial charge >= 0.3 is 0 Å². The van der Waals surface area contributed by atoms with Crippen molar-refractivity contribution in [3.05, 3.63) is 89.3 Å². The first kappa shape index (κ1) is 21.0. The first-order valence-electron chi connectivity index (χ1n) is 9.41. The van der Waals surface area contributed by atoms with E-state index < -0.39 is 6.86 Å². The molecule has 0 radical (unpaired) electrons. The molecular weight excluding hydrogens is 371 g/mol. The molecular formula is C22H25FN4O2. The molecule has 0 saturated carbocycles. The minimum Gasteiger partial charge on any atom is -0.378 e. The fourth-order valence-corrected chi connectivity index (χ4v) is 3.03. The van der Waals surface area contributed by atoms with Gasteiger partial charge in [0.15, 0.2) is 6.86 Å². The highest BCUT2D eigenvalue weighted by atomic mass is 19.1. The number of pyridine rings is 3. The Hall–Kier alpha value is -2.74. The Morgan fingerprint density at radius 2 is 1.34 bits per heavy atom. The third-order valence-corrected chi connectivity index (χ3v) is 4.23. The summed E-state index contributed by atoms with van der Waals surface area (Å²) in [4.78, 5) is 15.9. The third-order valence-electron chi connectivity index (χ3n) is 4.23. The van der Waals surface area contributed by atoms with Crippen LogP contribution in [-0.4, -0.2) is 33.8 Å². The zero-order chi connectivity index (χ0) is 20.3. The first-order valence-corrected chi connectivity index (χ1v) is 9.41. The van der Waals surface area contributed by atoms with E-state index in [1.807, 2.05) is 54.6 Å². The molecule has 0 fully saturated rings. The summed E-state index contributed by atoms with van der Waals surface area (Å²) < 4.78 is 22.3. The Bertz CT molecular complexity index is 879. The van der Waals surface area contributed by atoms with Gasteiger partial charge in [-0.3, -0.25) is 19.9 Å². The second-order valence-electron chi connectivity index (χ2n) is 6.60. The maximum atomic E-state index is 12.3. The highest BCUT2D eigenvalue weighted by molar-refractivity contribution is 5.14. The number of rotatable bonds is 11. The second-order valence-corrected chi connectivity index (χ2v) is 6.60. The maximum absolute atomic E-state index is 12.3. The SMILES string of the molecule is COCc1cccc(CN(Cc2ccccn2)Cc2cccc(COCF)n2)n1. The summed E-state index contributed by atoms with van der Waals surface area (Å²) in [7, 11) is 1.66. The van der Waals surface area contributed by atoms with E-state index in [0.717, 1.165) is 22.8 Å². The molecule has 7 heteroatoms. The highest BCUT2D eigenvalue weighted by Gasteiger charge is 2.12. The molecule has 3 aromatic heterocycles. The molecule has 3 aromatic rings. The molecule has 0 unspecified atom stereocenters. The summed E-state index contributed by atoms with van der Waals surface area (Å²) in [5.41, 5.74) is 4.41. The normalized spacial score (nSPS) is 11.1. The lowest BCUT2D eigenvalue weighted by atomic mass is 10.2. The largest absolute Gasteiger partial charge is 0.378 e. The van der Waals surface area contributed by atoms with Gasteiger partial charge in [-0.2, -0.15) is 0 Å². The molecule has 29 heavy (non-hydrogen) atoms. The monoisotopic (exact) mass is 396 g/mol. The fraction of sp³-hybridized carbons (Fsp3) is 0.318. The number of hydrogen-bond donors (Lipinski definition) is 0. The minimum atomic E-state index is -0.818. The Morgan fingerprint density at radius 1 is 0.759 bits per heavy atom. The van der Waals surface area contributed by atoms with Crippen molar-refractivity contribution in [3.63, 3.8) is 0 Å². The zero-order valence-corrected chi connectivity index (χ0v) is 16.5. The van der Waals surface area contributed by atoms with Crippen molar-refractivity contribution in [2.75, 3.05) is 14.0 Å². The molecule has 3 heterocycles. The van der Waals surface area contributed by atoms with Gasteiger partial charge in [-0.15, -0.1) is 0 Å². The molecule has 152 valence electrons. The summed E-state index contributed by atoms with van der Waals surface area (Å²) in [5.74, 6) is 0. The Balaban J connectivity index is 1.77. The molecule has 0 aromatic carbocycles. The van der Waals surface area contributed by atoms with Crippen LogP contribution in [0.5, 0.6) is 0 Å². The van der Waals surface area contributed by atoms with Crippen molar-refractivity contribution < 1.29 is 13.9 Å². The molecule has 0 spiro atoms. The topological polar surface area (TPSA) is 60.4 Å². The van der Waals surface area contributed by atoms with Crippen molar-refractivity contribution in [2.45, 2.75) is 32.8 Å². The van der Waals surface area contributed by atoms with E-state index in [4.69, 9.17) is 9.47 Å². The molecule has 0 amide bonds. The number of aromatic nitrogens is 3. The van der Waals surface area contributed by atoms with E-state index in [1.165, 1.54) is 0 Å². The summed E-state index contributed by atoms with van der Waals surface area (Å²) in [6.07, 6.45) is 1.79. The van der Waals surface area contributed by atoms with Gasteiger partial charge in [0.2, 0.25) is 0 Å². The Morgan fingerprint density at radius 3 is 1.93 bits per heavy atom. The molecule has 6 nitrogen and oxygen atoms in total. The number of methoxy groups -OCH3 is 1. The molecule has 0 saturated heterocycles. The second kappa shape index (κ2) is 11.3. The summed E-state index contributed by atoms with van der Waals surface area (Å²) >= 11 is 0. The average molecular weight is 396 g/mol. The van der Waals surface area contributed by atoms with Gasteiger partial charge < -0.3 is 9.47 Å². The van der Waals surface area contributed by atoms with Gasteiger partial charge in [-0.05, 0) is 36.4 Å². The van der Waals surface area contributed by atoms with Crippen LogP contribution in [0, 0.1) is 0 Å². The minimum absolute atomic E-state index is 0.158. The van der Waals surface area contributed by atoms with Gasteiger partial charge in [0.05, 0.1) is 41.7 Å². The van der Waals surface area contributed by atoms with Crippen LogP contribution < -0.4 is 0 Å². The van der Waals surface area contributed by atoms with Gasteiger partial charge in [-0.1, -0.05) is 18.2 Å². The average Bonchev–Trinajstić information content (AvgIpc) is 2.74. The highest BCUT2D eigenvalue weighted by Crippen LogP contribution is 2.13. The molecule has 0 atom stereocenters. The van der Waals surface area contributed by atoms with Gasteiger partial charge in [-0.25, -0.2) is 4.39 Å². The first-order chi connectivity index (χ1) is 14.3. The van der Waals surface area contributed by atoms with Crippen LogP contribution in [-0.2, 0) is 42.3 Å². The molecule has 0 aliphatic rings. The van der Waals surface area contributed by atoms with Crippen LogP contribution in [0.15, 0.2) is 60.8 Å². The van der Waals surface area contributed by atoms with E-state index in [-0.39, 0.29) is 6.61 Å². The van der Waals surface area contributed by atoms with E-state index in [9.17, 15) is 4.39 Å². The van der Waals surface area contributed by atoms with Gasteiger partial charge in [0.1, 0.15) is 0 Å². The summed E-state index contributed by atoms with van der Waals surface area (Å²) in [6.45, 7) is 1.72. The molecule has 0 aliphatic carbocycles. The number of ether oxygens (including phenoxy) is 2. The fourth-order valence-electron chi connectivity index (χ4n) is 3.03. The van der Waals surface area contributed by atoms with Crippen LogP contribution in [0.4, 0.5) is 4.39 Å². The number of nitrogens with zero attached hydrogens (tertiary/aromatic N) is 4. The van der Waals surface area contributed by atoms with Crippen LogP contribution in [0.3, 0.4) is 0 Å². The van der Waals surface area contributed by atoms with Gasteiger partial charge in [0.25, 0.3) is 0 Å². The number of hydrogen-bond acceptors (Lipinski definition) is 6. The van der Waals surface area contributed by atoms with Crippen LogP contribution >= 0.6 is 0 Å². The predicted octanol–water partition coefficient (Wildman–Crippen LogP) is 3.66. The molecule has 0 N–H and O–H groups in total. The zero-order valence-electron chi connectivity index (χ0n) is 16.5. The molecule has 0 aliphatic heterocycles. The quantitative estimate of drug-likeness (QED) is 0.493. The standard InChI is InChI=1S/C22H25FN4O2/c1-28-15-21-9-4-7-19(25-21)13-27(12-18-6-2-3-11-24-18)14-20-8-5-10-22(26-20)16-29-17-23/h2-11H,12-17H2,1H3. The van der Waals surface area contributed by atoms with Crippen molar-refractivity contribution in [3.8, 4) is 0 Å². The number of alkyl halides is 1. The van der Waals surface area contributed by atoms with Crippen LogP contribution in [0.25, 0.3) is 0 Å². The Kier molecular flexibility index (Phi) is 8.18. The predicted molar refractivity (Wildman–Crippen MR) is 107 cm³/mol. The lowest BCUT2D eigenvalue weighted by Crippen LogP contribution is -2.24. The lowest BCUT2D eigenvalue weighted by molar-refractivity contribution is 0.0443. The third kappa shape index (κ3) is 6.98. The van der Waals surface area contributed by atoms with Crippen molar-refractivity contribution in [1.29, 1.82) is 0 Å². The van der Waals surface area contributed by atoms with E-state index >= 15 is 0 Å². The molecule has 3 rings (SSSR count). The van der Waals surface area contributed by atoms with Gasteiger partial charge in [0, 0.05) is 32.9 Å². The maximum Gasteiger partial charge on any atom is 0.188 e.